The Morgan fingerprint density at radius 2 is 1.70 bits per heavy atom. The van der Waals surface area contributed by atoms with Crippen LogP contribution in [0.1, 0.15) is 58.4 Å². The molecule has 3 aromatic rings. The van der Waals surface area contributed by atoms with Gasteiger partial charge in [0.2, 0.25) is 11.8 Å². The Morgan fingerprint density at radius 3 is 2.28 bits per heavy atom. The number of nitrogens with one attached hydrogen (secondary N) is 2. The van der Waals surface area contributed by atoms with Gasteiger partial charge in [0.15, 0.2) is 0 Å². The number of benzene rings is 2. The van der Waals surface area contributed by atoms with Crippen molar-refractivity contribution in [1.29, 1.82) is 0 Å². The lowest BCUT2D eigenvalue weighted by Crippen LogP contribution is -2.63. The van der Waals surface area contributed by atoms with Crippen molar-refractivity contribution in [3.63, 3.8) is 0 Å². The zero-order chi connectivity index (χ0) is 36.6. The SMILES string of the molecule is CC(C)(C)NC(=O)[C@@H]1CN(Cc2ccc(F)cc2)CCN1C[C@@H](O)[C@H](Cc1ccccc1)NC(=O)[C@@H](N(Cc1cscn1)C(=O)O)C(C)(C)C. The third-order valence-electron chi connectivity index (χ3n) is 8.65. The molecule has 4 N–H and O–H groups in total. The number of aromatic nitrogens is 1. The van der Waals surface area contributed by atoms with Crippen LogP contribution in [0, 0.1) is 11.2 Å². The molecule has 1 aliphatic rings. The number of hydrogen-bond acceptors (Lipinski definition) is 8. The number of piperazine rings is 1. The van der Waals surface area contributed by atoms with Crippen LogP contribution < -0.4 is 10.6 Å². The molecule has 0 spiro atoms. The topological polar surface area (TPSA) is 138 Å². The number of hydrogen-bond donors (Lipinski definition) is 4. The zero-order valence-electron chi connectivity index (χ0n) is 29.8. The number of nitrogens with zero attached hydrogens (tertiary/aromatic N) is 4. The number of β-amino-alcohol motifs (C(OH)–C–C–N with tert-alkyl or cyclic N) is 1. The van der Waals surface area contributed by atoms with E-state index in [1.54, 1.807) is 43.8 Å². The monoisotopic (exact) mass is 710 g/mol. The molecule has 272 valence electrons. The maximum absolute atomic E-state index is 14.2. The minimum absolute atomic E-state index is 0.0626. The van der Waals surface area contributed by atoms with Gasteiger partial charge in [-0.05, 0) is 55.9 Å². The lowest BCUT2D eigenvalue weighted by molar-refractivity contribution is -0.134. The second-order valence-corrected chi connectivity index (χ2v) is 15.9. The average Bonchev–Trinajstić information content (AvgIpc) is 3.54. The van der Waals surface area contributed by atoms with Gasteiger partial charge in [0.1, 0.15) is 17.9 Å². The van der Waals surface area contributed by atoms with Gasteiger partial charge in [-0.15, -0.1) is 11.3 Å². The number of rotatable bonds is 13. The van der Waals surface area contributed by atoms with Gasteiger partial charge in [0.25, 0.3) is 0 Å². The molecule has 2 aromatic carbocycles. The maximum atomic E-state index is 14.2. The second-order valence-electron chi connectivity index (χ2n) is 15.1. The molecular weight excluding hydrogens is 660 g/mol. The van der Waals surface area contributed by atoms with Gasteiger partial charge < -0.3 is 20.8 Å². The van der Waals surface area contributed by atoms with Crippen LogP contribution in [0.25, 0.3) is 0 Å². The number of carbonyl (C=O) groups excluding carboxylic acids is 2. The molecule has 3 amide bonds. The Bertz CT molecular complexity index is 1540. The fraction of sp³-hybridized carbons (Fsp3) is 0.514. The first kappa shape index (κ1) is 38.9. The van der Waals surface area contributed by atoms with Gasteiger partial charge in [-0.2, -0.15) is 0 Å². The van der Waals surface area contributed by atoms with Crippen molar-refractivity contribution in [2.45, 2.75) is 90.8 Å². The number of aliphatic hydroxyl groups is 1. The van der Waals surface area contributed by atoms with Crippen LogP contribution in [-0.2, 0) is 29.1 Å². The third-order valence-corrected chi connectivity index (χ3v) is 9.28. The molecule has 50 heavy (non-hydrogen) atoms. The van der Waals surface area contributed by atoms with E-state index in [0.717, 1.165) is 16.0 Å². The summed E-state index contributed by atoms with van der Waals surface area (Å²) < 4.78 is 13.5. The van der Waals surface area contributed by atoms with E-state index in [1.165, 1.54) is 23.5 Å². The van der Waals surface area contributed by atoms with Crippen LogP contribution in [0.5, 0.6) is 0 Å². The first-order valence-corrected chi connectivity index (χ1v) is 17.9. The summed E-state index contributed by atoms with van der Waals surface area (Å²) in [7, 11) is 0. The van der Waals surface area contributed by atoms with Crippen molar-refractivity contribution < 1.29 is 29.0 Å². The molecular formula is C37H51FN6O5S. The Hall–Kier alpha value is -3.91. The lowest BCUT2D eigenvalue weighted by Gasteiger charge is -2.43. The predicted octanol–water partition coefficient (Wildman–Crippen LogP) is 4.37. The molecule has 0 bridgehead atoms. The van der Waals surface area contributed by atoms with Crippen LogP contribution in [0.4, 0.5) is 9.18 Å². The summed E-state index contributed by atoms with van der Waals surface area (Å²) in [6.07, 6.45) is -2.07. The van der Waals surface area contributed by atoms with Crippen molar-refractivity contribution in [1.82, 2.24) is 30.3 Å². The van der Waals surface area contributed by atoms with Crippen molar-refractivity contribution in [2.75, 3.05) is 26.2 Å². The minimum Gasteiger partial charge on any atom is -0.465 e. The van der Waals surface area contributed by atoms with Crippen molar-refractivity contribution >= 4 is 29.2 Å². The first-order chi connectivity index (χ1) is 23.5. The summed E-state index contributed by atoms with van der Waals surface area (Å²) in [4.78, 5) is 49.9. The highest BCUT2D eigenvalue weighted by Crippen LogP contribution is 2.27. The van der Waals surface area contributed by atoms with Gasteiger partial charge in [-0.25, -0.2) is 14.2 Å². The molecule has 1 fully saturated rings. The highest BCUT2D eigenvalue weighted by atomic mass is 32.1. The van der Waals surface area contributed by atoms with Gasteiger partial charge in [-0.3, -0.25) is 24.3 Å². The van der Waals surface area contributed by atoms with E-state index in [9.17, 15) is 29.0 Å². The second kappa shape index (κ2) is 16.9. The Kier molecular flexibility index (Phi) is 13.1. The molecule has 0 unspecified atom stereocenters. The average molecular weight is 711 g/mol. The molecule has 1 aliphatic heterocycles. The van der Waals surface area contributed by atoms with E-state index in [-0.39, 0.29) is 31.2 Å². The summed E-state index contributed by atoms with van der Waals surface area (Å²) in [5.74, 6) is -1.01. The Morgan fingerprint density at radius 1 is 1.02 bits per heavy atom. The molecule has 1 saturated heterocycles. The maximum Gasteiger partial charge on any atom is 0.408 e. The van der Waals surface area contributed by atoms with E-state index in [4.69, 9.17) is 0 Å². The number of carbonyl (C=O) groups is 3. The van der Waals surface area contributed by atoms with E-state index in [2.05, 4.69) is 20.5 Å². The van der Waals surface area contributed by atoms with Crippen LogP contribution in [0.3, 0.4) is 0 Å². The Labute approximate surface area is 298 Å². The summed E-state index contributed by atoms with van der Waals surface area (Å²) in [5.41, 5.74) is 2.69. The van der Waals surface area contributed by atoms with Crippen molar-refractivity contribution in [3.05, 3.63) is 88.1 Å². The first-order valence-electron chi connectivity index (χ1n) is 16.9. The van der Waals surface area contributed by atoms with E-state index < -0.39 is 47.2 Å². The number of thiazole rings is 1. The number of halogens is 1. The van der Waals surface area contributed by atoms with Crippen LogP contribution in [0.2, 0.25) is 0 Å². The van der Waals surface area contributed by atoms with Gasteiger partial charge >= 0.3 is 6.09 Å². The predicted molar refractivity (Wildman–Crippen MR) is 192 cm³/mol. The summed E-state index contributed by atoms with van der Waals surface area (Å²) >= 11 is 1.34. The lowest BCUT2D eigenvalue weighted by atomic mass is 9.84. The van der Waals surface area contributed by atoms with Gasteiger partial charge in [-0.1, -0.05) is 63.2 Å². The van der Waals surface area contributed by atoms with Gasteiger partial charge in [0, 0.05) is 43.6 Å². The third kappa shape index (κ3) is 11.3. The fourth-order valence-corrected chi connectivity index (χ4v) is 6.88. The van der Waals surface area contributed by atoms with Crippen molar-refractivity contribution in [3.8, 4) is 0 Å². The highest BCUT2D eigenvalue weighted by molar-refractivity contribution is 7.07. The molecule has 11 nitrogen and oxygen atoms in total. The number of carboxylic acid groups (broad SMARTS) is 1. The van der Waals surface area contributed by atoms with E-state index in [1.807, 2.05) is 56.0 Å². The van der Waals surface area contributed by atoms with Crippen LogP contribution in [0.15, 0.2) is 65.5 Å². The highest BCUT2D eigenvalue weighted by Gasteiger charge is 2.42. The summed E-state index contributed by atoms with van der Waals surface area (Å²) in [6, 6.07) is 13.3. The largest absolute Gasteiger partial charge is 0.465 e. The number of aliphatic hydroxyl groups excluding tert-OH is 1. The molecule has 2 heterocycles. The molecule has 0 saturated carbocycles. The summed E-state index contributed by atoms with van der Waals surface area (Å²) in [5, 5.41) is 30.0. The molecule has 0 radical (unpaired) electrons. The molecule has 1 aromatic heterocycles. The van der Waals surface area contributed by atoms with Gasteiger partial charge in [0.05, 0.1) is 29.9 Å². The zero-order valence-corrected chi connectivity index (χ0v) is 30.6. The quantitative estimate of drug-likeness (QED) is 0.205. The van der Waals surface area contributed by atoms with E-state index in [0.29, 0.717) is 31.9 Å². The van der Waals surface area contributed by atoms with Crippen LogP contribution >= 0.6 is 11.3 Å². The van der Waals surface area contributed by atoms with E-state index >= 15 is 0 Å². The molecule has 4 atom stereocenters. The van der Waals surface area contributed by atoms with Crippen molar-refractivity contribution in [2.24, 2.45) is 5.41 Å². The van der Waals surface area contributed by atoms with Crippen LogP contribution in [-0.4, -0.2) is 104 Å². The number of amides is 3. The molecule has 0 aliphatic carbocycles. The summed E-state index contributed by atoms with van der Waals surface area (Å²) in [6.45, 7) is 13.2. The molecule has 4 rings (SSSR count). The smallest absolute Gasteiger partial charge is 0.408 e. The molecule has 13 heteroatoms. The fourth-order valence-electron chi connectivity index (χ4n) is 6.33. The standard InChI is InChI=1S/C37H51FN6O5S/c1-36(2,3)32(44(35(48)49)20-28-23-50-24-39-28)34(47)40-29(18-25-10-8-7-9-11-25)31(45)22-43-17-16-42(19-26-12-14-27(38)15-13-26)21-30(43)33(46)41-37(4,5)6/h7-15,23-24,29-32,45H,16-22H2,1-6H3,(H,40,47)(H,41,46)(H,48,49)/t29-,30-,31+,32+/m0/s1. The Balaban J connectivity index is 1.58. The minimum atomic E-state index is -1.25. The normalized spacial score (nSPS) is 17.8.